The number of carbonyl (C=O) groups excluding carboxylic acids is 1. The number of rotatable bonds is 4. The maximum Gasteiger partial charge on any atom is 0.276 e. The first-order chi connectivity index (χ1) is 12.0. The van der Waals surface area contributed by atoms with Crippen molar-refractivity contribution in [3.05, 3.63) is 81.9 Å². The topological polar surface area (TPSA) is 90.1 Å². The molecule has 0 saturated carbocycles. The normalized spacial score (nSPS) is 10.5. The number of nitro benzene ring substituents is 1. The second-order valence-corrected chi connectivity index (χ2v) is 5.28. The summed E-state index contributed by atoms with van der Waals surface area (Å²) < 4.78 is 14.4. The van der Waals surface area contributed by atoms with Crippen molar-refractivity contribution in [3.63, 3.8) is 0 Å². The maximum atomic E-state index is 13.0. The van der Waals surface area contributed by atoms with Gasteiger partial charge in [0.1, 0.15) is 5.82 Å². The van der Waals surface area contributed by atoms with Gasteiger partial charge in [0.2, 0.25) is 0 Å². The van der Waals surface area contributed by atoms with Crippen molar-refractivity contribution in [1.82, 2.24) is 9.78 Å². The SMILES string of the molecule is Cc1c(NC(=O)c2ccn(-c3ccc(F)cc3)n2)cccc1[N+](=O)[O-]. The Bertz CT molecular complexity index is 951. The summed E-state index contributed by atoms with van der Waals surface area (Å²) in [6, 6.07) is 11.6. The van der Waals surface area contributed by atoms with E-state index in [0.29, 0.717) is 16.9 Å². The third-order valence-corrected chi connectivity index (χ3v) is 3.66. The highest BCUT2D eigenvalue weighted by Crippen LogP contribution is 2.25. The minimum absolute atomic E-state index is 0.0744. The van der Waals surface area contributed by atoms with Crippen LogP contribution in [0.2, 0.25) is 0 Å². The van der Waals surface area contributed by atoms with E-state index < -0.39 is 10.8 Å². The van der Waals surface area contributed by atoms with Gasteiger partial charge in [0.15, 0.2) is 5.69 Å². The molecule has 1 aromatic heterocycles. The molecule has 3 rings (SSSR count). The molecule has 3 aromatic rings. The summed E-state index contributed by atoms with van der Waals surface area (Å²) in [5, 5.41) is 17.7. The number of nitro groups is 1. The summed E-state index contributed by atoms with van der Waals surface area (Å²) >= 11 is 0. The minimum Gasteiger partial charge on any atom is -0.320 e. The summed E-state index contributed by atoms with van der Waals surface area (Å²) in [6.07, 6.45) is 1.57. The van der Waals surface area contributed by atoms with E-state index in [2.05, 4.69) is 10.4 Å². The first-order valence-corrected chi connectivity index (χ1v) is 7.32. The first kappa shape index (κ1) is 16.3. The first-order valence-electron chi connectivity index (χ1n) is 7.32. The van der Waals surface area contributed by atoms with Gasteiger partial charge in [-0.2, -0.15) is 5.10 Å². The van der Waals surface area contributed by atoms with Crippen molar-refractivity contribution in [2.45, 2.75) is 6.92 Å². The number of benzene rings is 2. The molecule has 0 aliphatic rings. The number of amides is 1. The Morgan fingerprint density at radius 2 is 1.92 bits per heavy atom. The lowest BCUT2D eigenvalue weighted by atomic mass is 10.1. The quantitative estimate of drug-likeness (QED) is 0.581. The fourth-order valence-corrected chi connectivity index (χ4v) is 2.33. The number of carbonyl (C=O) groups is 1. The van der Waals surface area contributed by atoms with Gasteiger partial charge in [0.05, 0.1) is 21.9 Å². The zero-order chi connectivity index (χ0) is 18.0. The molecule has 0 saturated heterocycles. The number of nitrogens with zero attached hydrogens (tertiary/aromatic N) is 3. The average Bonchev–Trinajstić information content (AvgIpc) is 3.07. The van der Waals surface area contributed by atoms with Crippen LogP contribution < -0.4 is 5.32 Å². The molecule has 2 aromatic carbocycles. The van der Waals surface area contributed by atoms with Crippen LogP contribution in [0.25, 0.3) is 5.69 Å². The Morgan fingerprint density at radius 3 is 2.60 bits per heavy atom. The molecule has 1 heterocycles. The van der Waals surface area contributed by atoms with E-state index in [9.17, 15) is 19.3 Å². The van der Waals surface area contributed by atoms with Gasteiger partial charge in [-0.25, -0.2) is 9.07 Å². The van der Waals surface area contributed by atoms with Gasteiger partial charge in [-0.1, -0.05) is 6.07 Å². The largest absolute Gasteiger partial charge is 0.320 e. The van der Waals surface area contributed by atoms with E-state index in [1.54, 1.807) is 19.2 Å². The van der Waals surface area contributed by atoms with E-state index in [1.807, 2.05) is 0 Å². The Labute approximate surface area is 141 Å². The third kappa shape index (κ3) is 3.37. The number of anilines is 1. The molecule has 126 valence electrons. The predicted molar refractivity (Wildman–Crippen MR) is 89.3 cm³/mol. The van der Waals surface area contributed by atoms with Crippen molar-refractivity contribution < 1.29 is 14.1 Å². The van der Waals surface area contributed by atoms with Crippen LogP contribution in [-0.2, 0) is 0 Å². The van der Waals surface area contributed by atoms with Crippen LogP contribution in [0.4, 0.5) is 15.8 Å². The molecule has 0 fully saturated rings. The highest BCUT2D eigenvalue weighted by molar-refractivity contribution is 6.03. The van der Waals surface area contributed by atoms with Crippen LogP contribution in [-0.4, -0.2) is 20.6 Å². The van der Waals surface area contributed by atoms with Gasteiger partial charge < -0.3 is 5.32 Å². The molecule has 0 radical (unpaired) electrons. The number of nitrogens with one attached hydrogen (secondary N) is 1. The van der Waals surface area contributed by atoms with Crippen LogP contribution in [0, 0.1) is 22.9 Å². The highest BCUT2D eigenvalue weighted by atomic mass is 19.1. The maximum absolute atomic E-state index is 13.0. The number of hydrogen-bond donors (Lipinski definition) is 1. The molecular formula is C17H13FN4O3. The summed E-state index contributed by atoms with van der Waals surface area (Å²) in [4.78, 5) is 22.8. The van der Waals surface area contributed by atoms with Gasteiger partial charge in [0, 0.05) is 12.3 Å². The Morgan fingerprint density at radius 1 is 1.20 bits per heavy atom. The molecule has 7 nitrogen and oxygen atoms in total. The number of aromatic nitrogens is 2. The number of halogens is 1. The van der Waals surface area contributed by atoms with E-state index in [4.69, 9.17) is 0 Å². The third-order valence-electron chi connectivity index (χ3n) is 3.66. The molecule has 0 unspecified atom stereocenters. The monoisotopic (exact) mass is 340 g/mol. The average molecular weight is 340 g/mol. The number of hydrogen-bond acceptors (Lipinski definition) is 4. The van der Waals surface area contributed by atoms with Gasteiger partial charge >= 0.3 is 0 Å². The zero-order valence-electron chi connectivity index (χ0n) is 13.1. The molecule has 0 spiro atoms. The van der Waals surface area contributed by atoms with Gasteiger partial charge in [-0.3, -0.25) is 14.9 Å². The van der Waals surface area contributed by atoms with Crippen molar-refractivity contribution in [3.8, 4) is 5.69 Å². The predicted octanol–water partition coefficient (Wildman–Crippen LogP) is 3.48. The molecule has 25 heavy (non-hydrogen) atoms. The molecular weight excluding hydrogens is 327 g/mol. The minimum atomic E-state index is -0.506. The molecule has 1 N–H and O–H groups in total. The Kier molecular flexibility index (Phi) is 4.25. The summed E-state index contributed by atoms with van der Waals surface area (Å²) in [7, 11) is 0. The second kappa shape index (κ2) is 6.52. The van der Waals surface area contributed by atoms with Crippen molar-refractivity contribution in [1.29, 1.82) is 0 Å². The van der Waals surface area contributed by atoms with Gasteiger partial charge in [-0.05, 0) is 43.3 Å². The Balaban J connectivity index is 1.82. The second-order valence-electron chi connectivity index (χ2n) is 5.28. The summed E-state index contributed by atoms with van der Waals surface area (Å²) in [6.45, 7) is 1.56. The van der Waals surface area contributed by atoms with Crippen molar-refractivity contribution >= 4 is 17.3 Å². The molecule has 0 aliphatic carbocycles. The van der Waals surface area contributed by atoms with E-state index in [1.165, 1.54) is 47.1 Å². The molecule has 1 amide bonds. The van der Waals surface area contributed by atoms with E-state index in [0.717, 1.165) is 0 Å². The summed E-state index contributed by atoms with van der Waals surface area (Å²) in [5.41, 5.74) is 1.37. The fraction of sp³-hybridized carbons (Fsp3) is 0.0588. The molecule has 8 heteroatoms. The lowest BCUT2D eigenvalue weighted by Crippen LogP contribution is -2.14. The van der Waals surface area contributed by atoms with Crippen LogP contribution in [0.3, 0.4) is 0 Å². The van der Waals surface area contributed by atoms with Crippen LogP contribution in [0.5, 0.6) is 0 Å². The summed E-state index contributed by atoms with van der Waals surface area (Å²) in [5.74, 6) is -0.862. The van der Waals surface area contributed by atoms with Crippen molar-refractivity contribution in [2.24, 2.45) is 0 Å². The molecule has 0 bridgehead atoms. The highest BCUT2D eigenvalue weighted by Gasteiger charge is 2.17. The van der Waals surface area contributed by atoms with Crippen LogP contribution in [0.15, 0.2) is 54.7 Å². The van der Waals surface area contributed by atoms with Gasteiger partial charge in [-0.15, -0.1) is 0 Å². The lowest BCUT2D eigenvalue weighted by Gasteiger charge is -2.07. The lowest BCUT2D eigenvalue weighted by molar-refractivity contribution is -0.385. The van der Waals surface area contributed by atoms with Gasteiger partial charge in [0.25, 0.3) is 11.6 Å². The molecule has 0 atom stereocenters. The smallest absolute Gasteiger partial charge is 0.276 e. The van der Waals surface area contributed by atoms with E-state index in [-0.39, 0.29) is 17.2 Å². The Hall–Kier alpha value is -3.55. The van der Waals surface area contributed by atoms with Crippen LogP contribution in [0.1, 0.15) is 16.1 Å². The molecule has 0 aliphatic heterocycles. The zero-order valence-corrected chi connectivity index (χ0v) is 13.1. The fourth-order valence-electron chi connectivity index (χ4n) is 2.33. The van der Waals surface area contributed by atoms with Crippen molar-refractivity contribution in [2.75, 3.05) is 5.32 Å². The van der Waals surface area contributed by atoms with Crippen LogP contribution >= 0.6 is 0 Å². The van der Waals surface area contributed by atoms with E-state index >= 15 is 0 Å². The standard InChI is InChI=1S/C17H13FN4O3/c1-11-14(3-2-4-16(11)22(24)25)19-17(23)15-9-10-21(20-15)13-7-5-12(18)6-8-13/h2-10H,1H3,(H,19,23).